The van der Waals surface area contributed by atoms with Gasteiger partial charge in [-0.15, -0.1) is 0 Å². The lowest BCUT2D eigenvalue weighted by atomic mass is 10.0. The molecule has 1 aliphatic rings. The van der Waals surface area contributed by atoms with Crippen LogP contribution in [0.1, 0.15) is 39.3 Å². The van der Waals surface area contributed by atoms with Crippen molar-refractivity contribution in [2.24, 2.45) is 0 Å². The molecule has 0 unspecified atom stereocenters. The first-order valence-electron chi connectivity index (χ1n) is 9.61. The maximum absolute atomic E-state index is 13.2. The predicted molar refractivity (Wildman–Crippen MR) is 112 cm³/mol. The van der Waals surface area contributed by atoms with Gasteiger partial charge in [0.1, 0.15) is 5.69 Å². The maximum atomic E-state index is 13.2. The summed E-state index contributed by atoms with van der Waals surface area (Å²) in [6.07, 6.45) is 1.96. The van der Waals surface area contributed by atoms with Crippen molar-refractivity contribution >= 4 is 23.2 Å². The van der Waals surface area contributed by atoms with Crippen molar-refractivity contribution in [2.75, 3.05) is 16.8 Å². The molecule has 0 saturated heterocycles. The van der Waals surface area contributed by atoms with E-state index in [1.165, 1.54) is 11.1 Å². The highest BCUT2D eigenvalue weighted by Gasteiger charge is 2.25. The average Bonchev–Trinajstić information content (AvgIpc) is 2.70. The van der Waals surface area contributed by atoms with Crippen LogP contribution in [0.4, 0.5) is 17.3 Å². The molecule has 0 atom stereocenters. The Morgan fingerprint density at radius 3 is 2.71 bits per heavy atom. The summed E-state index contributed by atoms with van der Waals surface area (Å²) in [6, 6.07) is 15.9. The van der Waals surface area contributed by atoms with Gasteiger partial charge in [0, 0.05) is 23.6 Å². The number of fused-ring (bicyclic) bond motifs is 1. The van der Waals surface area contributed by atoms with E-state index < -0.39 is 0 Å². The molecule has 0 aliphatic carbocycles. The predicted octanol–water partition coefficient (Wildman–Crippen LogP) is 4.74. The van der Waals surface area contributed by atoms with E-state index in [1.807, 2.05) is 42.2 Å². The molecule has 2 aromatic carbocycles. The van der Waals surface area contributed by atoms with Crippen LogP contribution in [-0.2, 0) is 6.42 Å². The second-order valence-corrected chi connectivity index (χ2v) is 7.28. The number of aryl methyl sites for hydroxylation is 3. The largest absolute Gasteiger partial charge is 0.324 e. The molecule has 0 bridgehead atoms. The number of hydrogen-bond acceptors (Lipinski definition) is 4. The standard InChI is InChI=1S/C23H24N4O/c1-15-8-6-11-19(17(15)3)25-23-24-16(2)14-20(26-23)22(28)27-13-7-10-18-9-4-5-12-21(18)27/h4-6,8-9,11-12,14H,7,10,13H2,1-3H3,(H,24,25,26). The summed E-state index contributed by atoms with van der Waals surface area (Å²) in [5.41, 5.74) is 6.66. The van der Waals surface area contributed by atoms with E-state index in [-0.39, 0.29) is 5.91 Å². The van der Waals surface area contributed by atoms with Crippen LogP contribution < -0.4 is 10.2 Å². The fraction of sp³-hybridized carbons (Fsp3) is 0.261. The van der Waals surface area contributed by atoms with Gasteiger partial charge in [-0.2, -0.15) is 0 Å². The van der Waals surface area contributed by atoms with Crippen LogP contribution >= 0.6 is 0 Å². The Balaban J connectivity index is 1.66. The second kappa shape index (κ2) is 7.43. The zero-order valence-electron chi connectivity index (χ0n) is 16.5. The molecule has 3 aromatic rings. The number of carbonyl (C=O) groups excluding carboxylic acids is 1. The first-order valence-corrected chi connectivity index (χ1v) is 9.61. The molecular weight excluding hydrogens is 348 g/mol. The molecule has 0 saturated carbocycles. The third-order valence-corrected chi connectivity index (χ3v) is 5.28. The van der Waals surface area contributed by atoms with Crippen molar-refractivity contribution in [3.63, 3.8) is 0 Å². The Bertz CT molecular complexity index is 1040. The number of amides is 1. The van der Waals surface area contributed by atoms with E-state index in [0.717, 1.165) is 35.5 Å². The van der Waals surface area contributed by atoms with Gasteiger partial charge in [-0.05, 0) is 68.5 Å². The van der Waals surface area contributed by atoms with Gasteiger partial charge in [0.15, 0.2) is 0 Å². The molecule has 0 spiro atoms. The molecule has 142 valence electrons. The van der Waals surface area contributed by atoms with Gasteiger partial charge in [0.2, 0.25) is 5.95 Å². The van der Waals surface area contributed by atoms with Crippen molar-refractivity contribution in [3.05, 3.63) is 76.6 Å². The van der Waals surface area contributed by atoms with Gasteiger partial charge in [0.05, 0.1) is 0 Å². The van der Waals surface area contributed by atoms with Crippen molar-refractivity contribution in [1.82, 2.24) is 9.97 Å². The summed E-state index contributed by atoms with van der Waals surface area (Å²) in [5, 5.41) is 3.28. The zero-order chi connectivity index (χ0) is 19.7. The quantitative estimate of drug-likeness (QED) is 0.721. The molecule has 2 heterocycles. The fourth-order valence-electron chi connectivity index (χ4n) is 3.62. The van der Waals surface area contributed by atoms with Gasteiger partial charge in [-0.1, -0.05) is 30.3 Å². The van der Waals surface area contributed by atoms with Crippen LogP contribution in [0.15, 0.2) is 48.5 Å². The van der Waals surface area contributed by atoms with E-state index in [1.54, 1.807) is 6.07 Å². The van der Waals surface area contributed by atoms with E-state index in [0.29, 0.717) is 18.2 Å². The Kier molecular flexibility index (Phi) is 4.82. The van der Waals surface area contributed by atoms with Gasteiger partial charge in [0.25, 0.3) is 5.91 Å². The first-order chi connectivity index (χ1) is 13.5. The number of nitrogens with one attached hydrogen (secondary N) is 1. The zero-order valence-corrected chi connectivity index (χ0v) is 16.5. The van der Waals surface area contributed by atoms with E-state index in [4.69, 9.17) is 0 Å². The third-order valence-electron chi connectivity index (χ3n) is 5.28. The number of nitrogens with zero attached hydrogens (tertiary/aromatic N) is 3. The lowest BCUT2D eigenvalue weighted by Crippen LogP contribution is -2.36. The summed E-state index contributed by atoms with van der Waals surface area (Å²) in [7, 11) is 0. The minimum Gasteiger partial charge on any atom is -0.324 e. The average molecular weight is 372 g/mol. The topological polar surface area (TPSA) is 58.1 Å². The number of rotatable bonds is 3. The van der Waals surface area contributed by atoms with E-state index in [2.05, 4.69) is 41.3 Å². The minimum absolute atomic E-state index is 0.0818. The van der Waals surface area contributed by atoms with Crippen LogP contribution in [-0.4, -0.2) is 22.4 Å². The molecule has 0 radical (unpaired) electrons. The smallest absolute Gasteiger partial charge is 0.277 e. The number of benzene rings is 2. The molecule has 0 fully saturated rings. The Labute approximate surface area is 165 Å². The molecule has 4 rings (SSSR count). The minimum atomic E-state index is -0.0818. The number of hydrogen-bond donors (Lipinski definition) is 1. The normalized spacial score (nSPS) is 13.2. The molecular formula is C23H24N4O. The summed E-state index contributed by atoms with van der Waals surface area (Å²) in [4.78, 5) is 24.1. The number of anilines is 3. The maximum Gasteiger partial charge on any atom is 0.277 e. The summed E-state index contributed by atoms with van der Waals surface area (Å²) >= 11 is 0. The van der Waals surface area contributed by atoms with Gasteiger partial charge >= 0.3 is 0 Å². The van der Waals surface area contributed by atoms with Crippen LogP contribution in [0.2, 0.25) is 0 Å². The molecule has 5 heteroatoms. The molecule has 1 aromatic heterocycles. The highest BCUT2D eigenvalue weighted by Crippen LogP contribution is 2.28. The summed E-state index contributed by atoms with van der Waals surface area (Å²) in [6.45, 7) is 6.72. The highest BCUT2D eigenvalue weighted by atomic mass is 16.2. The van der Waals surface area contributed by atoms with E-state index >= 15 is 0 Å². The molecule has 1 aliphatic heterocycles. The molecule has 5 nitrogen and oxygen atoms in total. The lowest BCUT2D eigenvalue weighted by molar-refractivity contribution is 0.0980. The number of para-hydroxylation sites is 1. The van der Waals surface area contributed by atoms with Crippen LogP contribution in [0, 0.1) is 20.8 Å². The van der Waals surface area contributed by atoms with Gasteiger partial charge in [-0.25, -0.2) is 9.97 Å². The highest BCUT2D eigenvalue weighted by molar-refractivity contribution is 6.05. The summed E-state index contributed by atoms with van der Waals surface area (Å²) < 4.78 is 0. The van der Waals surface area contributed by atoms with Gasteiger partial charge in [-0.3, -0.25) is 4.79 Å². The molecule has 28 heavy (non-hydrogen) atoms. The SMILES string of the molecule is Cc1cc(C(=O)N2CCCc3ccccc32)nc(Nc2cccc(C)c2C)n1. The van der Waals surface area contributed by atoms with Crippen LogP contribution in [0.5, 0.6) is 0 Å². The van der Waals surface area contributed by atoms with Crippen molar-refractivity contribution in [2.45, 2.75) is 33.6 Å². The Morgan fingerprint density at radius 1 is 1.04 bits per heavy atom. The molecule has 1 amide bonds. The van der Waals surface area contributed by atoms with Crippen LogP contribution in [0.25, 0.3) is 0 Å². The monoisotopic (exact) mass is 372 g/mol. The first kappa shape index (κ1) is 18.2. The number of aromatic nitrogens is 2. The Hall–Kier alpha value is -3.21. The number of carbonyl (C=O) groups is 1. The second-order valence-electron chi connectivity index (χ2n) is 7.28. The lowest BCUT2D eigenvalue weighted by Gasteiger charge is -2.29. The van der Waals surface area contributed by atoms with Crippen LogP contribution in [0.3, 0.4) is 0 Å². The summed E-state index contributed by atoms with van der Waals surface area (Å²) in [5.74, 6) is 0.365. The van der Waals surface area contributed by atoms with Crippen molar-refractivity contribution in [1.29, 1.82) is 0 Å². The Morgan fingerprint density at radius 2 is 1.86 bits per heavy atom. The van der Waals surface area contributed by atoms with Crippen molar-refractivity contribution < 1.29 is 4.79 Å². The van der Waals surface area contributed by atoms with E-state index in [9.17, 15) is 4.79 Å². The van der Waals surface area contributed by atoms with Gasteiger partial charge < -0.3 is 10.2 Å². The fourth-order valence-corrected chi connectivity index (χ4v) is 3.62. The van der Waals surface area contributed by atoms with Crippen molar-refractivity contribution in [3.8, 4) is 0 Å². The third kappa shape index (κ3) is 3.48. The molecule has 1 N–H and O–H groups in total.